The predicted molar refractivity (Wildman–Crippen MR) is 98.7 cm³/mol. The molecule has 0 spiro atoms. The van der Waals surface area contributed by atoms with Gasteiger partial charge in [-0.05, 0) is 64.8 Å². The van der Waals surface area contributed by atoms with Crippen LogP contribution in [0.15, 0.2) is 29.2 Å². The first-order valence-electron chi connectivity index (χ1n) is 8.75. The summed E-state index contributed by atoms with van der Waals surface area (Å²) in [5.41, 5.74) is -0.560. The maximum Gasteiger partial charge on any atom is 0.410 e. The maximum absolute atomic E-state index is 13.2. The molecule has 2 rings (SSSR count). The third-order valence-electron chi connectivity index (χ3n) is 4.00. The molecule has 1 amide bonds. The molecule has 1 fully saturated rings. The molecule has 1 aliphatic rings. The second kappa shape index (κ2) is 8.29. The largest absolute Gasteiger partial charge is 0.465 e. The van der Waals surface area contributed by atoms with Crippen LogP contribution in [0.4, 0.5) is 9.18 Å². The first-order chi connectivity index (χ1) is 12.1. The summed E-state index contributed by atoms with van der Waals surface area (Å²) >= 11 is 1.38. The Morgan fingerprint density at radius 2 is 1.77 bits per heavy atom. The van der Waals surface area contributed by atoms with E-state index in [1.54, 1.807) is 24.0 Å². The highest BCUT2D eigenvalue weighted by atomic mass is 32.2. The van der Waals surface area contributed by atoms with E-state index in [0.29, 0.717) is 32.5 Å². The van der Waals surface area contributed by atoms with Crippen LogP contribution in [0.5, 0.6) is 0 Å². The van der Waals surface area contributed by atoms with E-state index in [2.05, 4.69) is 0 Å². The van der Waals surface area contributed by atoms with Crippen LogP contribution < -0.4 is 0 Å². The second-order valence-electron chi connectivity index (χ2n) is 7.24. The van der Waals surface area contributed by atoms with Crippen molar-refractivity contribution < 1.29 is 23.5 Å². The smallest absolute Gasteiger partial charge is 0.410 e. The van der Waals surface area contributed by atoms with E-state index in [1.165, 1.54) is 23.9 Å². The molecule has 1 aromatic carbocycles. The first-order valence-corrected chi connectivity index (χ1v) is 9.56. The van der Waals surface area contributed by atoms with Gasteiger partial charge in [0.05, 0.1) is 6.61 Å². The summed E-state index contributed by atoms with van der Waals surface area (Å²) in [5.74, 6) is -0.613. The standard InChI is InChI=1S/C19H26FNO4S/c1-5-24-16(22)19(26-15-8-6-14(20)7-9-15)10-12-21(13-11-19)17(23)25-18(2,3)4/h6-9H,5,10-13H2,1-4H3. The van der Waals surface area contributed by atoms with Crippen LogP contribution >= 0.6 is 11.8 Å². The second-order valence-corrected chi connectivity index (χ2v) is 8.70. The van der Waals surface area contributed by atoms with E-state index in [0.717, 1.165) is 4.90 Å². The van der Waals surface area contributed by atoms with Gasteiger partial charge in [0, 0.05) is 18.0 Å². The number of piperidine rings is 1. The normalized spacial score (nSPS) is 16.9. The molecule has 0 aliphatic carbocycles. The number of esters is 1. The Kier molecular flexibility index (Phi) is 6.55. The summed E-state index contributed by atoms with van der Waals surface area (Å²) in [5, 5.41) is 0. The van der Waals surface area contributed by atoms with Gasteiger partial charge in [-0.25, -0.2) is 9.18 Å². The van der Waals surface area contributed by atoms with Crippen LogP contribution in [0.1, 0.15) is 40.5 Å². The Labute approximate surface area is 158 Å². The molecule has 1 aliphatic heterocycles. The monoisotopic (exact) mass is 383 g/mol. The summed E-state index contributed by atoms with van der Waals surface area (Å²) in [6, 6.07) is 6.05. The average Bonchev–Trinajstić information content (AvgIpc) is 2.56. The number of hydrogen-bond donors (Lipinski definition) is 0. The van der Waals surface area contributed by atoms with Crippen LogP contribution in [-0.4, -0.2) is 47.0 Å². The molecule has 0 unspecified atom stereocenters. The lowest BCUT2D eigenvalue weighted by Gasteiger charge is -2.39. The van der Waals surface area contributed by atoms with E-state index < -0.39 is 10.3 Å². The quantitative estimate of drug-likeness (QED) is 0.728. The molecular formula is C19H26FNO4S. The first kappa shape index (κ1) is 20.6. The van der Waals surface area contributed by atoms with Gasteiger partial charge in [-0.15, -0.1) is 11.8 Å². The molecular weight excluding hydrogens is 357 g/mol. The lowest BCUT2D eigenvalue weighted by atomic mass is 9.96. The number of carbonyl (C=O) groups excluding carboxylic acids is 2. The van der Waals surface area contributed by atoms with E-state index in [-0.39, 0.29) is 17.9 Å². The van der Waals surface area contributed by atoms with Gasteiger partial charge in [-0.3, -0.25) is 4.79 Å². The number of halogens is 1. The third-order valence-corrected chi connectivity index (χ3v) is 5.47. The summed E-state index contributed by atoms with van der Waals surface area (Å²) in [6.45, 7) is 8.33. The highest BCUT2D eigenvalue weighted by Gasteiger charge is 2.45. The van der Waals surface area contributed by atoms with Crippen molar-refractivity contribution >= 4 is 23.8 Å². The van der Waals surface area contributed by atoms with Gasteiger partial charge in [-0.1, -0.05) is 0 Å². The number of amides is 1. The Bertz CT molecular complexity index is 634. The zero-order chi connectivity index (χ0) is 19.4. The van der Waals surface area contributed by atoms with Crippen LogP contribution in [0.3, 0.4) is 0 Å². The fraction of sp³-hybridized carbons (Fsp3) is 0.579. The van der Waals surface area contributed by atoms with Crippen molar-refractivity contribution in [3.05, 3.63) is 30.1 Å². The number of ether oxygens (including phenoxy) is 2. The number of carbonyl (C=O) groups is 2. The Morgan fingerprint density at radius 1 is 1.19 bits per heavy atom. The number of nitrogens with zero attached hydrogens (tertiary/aromatic N) is 1. The molecule has 0 radical (unpaired) electrons. The van der Waals surface area contributed by atoms with Gasteiger partial charge < -0.3 is 14.4 Å². The number of likely N-dealkylation sites (tertiary alicyclic amines) is 1. The number of thioether (sulfide) groups is 1. The number of benzene rings is 1. The SMILES string of the molecule is CCOC(=O)C1(Sc2ccc(F)cc2)CCN(C(=O)OC(C)(C)C)CC1. The summed E-state index contributed by atoms with van der Waals surface area (Å²) in [7, 11) is 0. The minimum atomic E-state index is -0.785. The molecule has 0 N–H and O–H groups in total. The molecule has 1 aromatic rings. The molecule has 0 atom stereocenters. The fourth-order valence-corrected chi connectivity index (χ4v) is 3.97. The number of hydrogen-bond acceptors (Lipinski definition) is 5. The number of rotatable bonds is 4. The fourth-order valence-electron chi connectivity index (χ4n) is 2.72. The highest BCUT2D eigenvalue weighted by molar-refractivity contribution is 8.01. The molecule has 1 saturated heterocycles. The molecule has 1 heterocycles. The highest BCUT2D eigenvalue weighted by Crippen LogP contribution is 2.42. The lowest BCUT2D eigenvalue weighted by molar-refractivity contribution is -0.147. The summed E-state index contributed by atoms with van der Waals surface area (Å²) in [4.78, 5) is 27.3. The molecule has 0 bridgehead atoms. The van der Waals surface area contributed by atoms with E-state index >= 15 is 0 Å². The van der Waals surface area contributed by atoms with Crippen molar-refractivity contribution in [2.24, 2.45) is 0 Å². The van der Waals surface area contributed by atoms with Gasteiger partial charge in [0.2, 0.25) is 0 Å². The van der Waals surface area contributed by atoms with Crippen molar-refractivity contribution in [2.45, 2.75) is 55.8 Å². The van der Waals surface area contributed by atoms with Crippen molar-refractivity contribution in [3.63, 3.8) is 0 Å². The van der Waals surface area contributed by atoms with Gasteiger partial charge in [-0.2, -0.15) is 0 Å². The van der Waals surface area contributed by atoms with Crippen LogP contribution in [-0.2, 0) is 14.3 Å². The Morgan fingerprint density at radius 3 is 2.27 bits per heavy atom. The van der Waals surface area contributed by atoms with E-state index in [4.69, 9.17) is 9.47 Å². The van der Waals surface area contributed by atoms with Crippen molar-refractivity contribution in [1.82, 2.24) is 4.90 Å². The molecule has 0 aromatic heterocycles. The van der Waals surface area contributed by atoms with Gasteiger partial charge >= 0.3 is 12.1 Å². The minimum Gasteiger partial charge on any atom is -0.465 e. The van der Waals surface area contributed by atoms with Gasteiger partial charge in [0.15, 0.2) is 0 Å². The van der Waals surface area contributed by atoms with Crippen molar-refractivity contribution in [1.29, 1.82) is 0 Å². The Hall–Kier alpha value is -1.76. The molecule has 26 heavy (non-hydrogen) atoms. The average molecular weight is 383 g/mol. The third kappa shape index (κ3) is 5.37. The predicted octanol–water partition coefficient (Wildman–Crippen LogP) is 4.25. The topological polar surface area (TPSA) is 55.8 Å². The minimum absolute atomic E-state index is 0.292. The van der Waals surface area contributed by atoms with Crippen LogP contribution in [0, 0.1) is 5.82 Å². The maximum atomic E-state index is 13.2. The van der Waals surface area contributed by atoms with Gasteiger partial charge in [0.1, 0.15) is 16.2 Å². The Balaban J connectivity index is 2.11. The molecule has 5 nitrogen and oxygen atoms in total. The van der Waals surface area contributed by atoms with Crippen LogP contribution in [0.2, 0.25) is 0 Å². The van der Waals surface area contributed by atoms with Crippen molar-refractivity contribution in [2.75, 3.05) is 19.7 Å². The summed E-state index contributed by atoms with van der Waals surface area (Å²) in [6.07, 6.45) is 0.530. The molecule has 0 saturated carbocycles. The van der Waals surface area contributed by atoms with Crippen LogP contribution in [0.25, 0.3) is 0 Å². The van der Waals surface area contributed by atoms with E-state index in [1.807, 2.05) is 20.8 Å². The van der Waals surface area contributed by atoms with Crippen molar-refractivity contribution in [3.8, 4) is 0 Å². The summed E-state index contributed by atoms with van der Waals surface area (Å²) < 4.78 is 23.1. The lowest BCUT2D eigenvalue weighted by Crippen LogP contribution is -2.50. The van der Waals surface area contributed by atoms with Gasteiger partial charge in [0.25, 0.3) is 0 Å². The zero-order valence-corrected chi connectivity index (χ0v) is 16.5. The molecule has 7 heteroatoms. The van der Waals surface area contributed by atoms with E-state index in [9.17, 15) is 14.0 Å². The molecule has 144 valence electrons. The zero-order valence-electron chi connectivity index (χ0n) is 15.7.